The van der Waals surface area contributed by atoms with E-state index in [2.05, 4.69) is 11.9 Å². The zero-order valence-corrected chi connectivity index (χ0v) is 12.7. The summed E-state index contributed by atoms with van der Waals surface area (Å²) in [5.41, 5.74) is 1.37. The third kappa shape index (κ3) is 5.20. The number of nitrogens with zero attached hydrogens (tertiary/aromatic N) is 1. The van der Waals surface area contributed by atoms with Crippen LogP contribution in [0.3, 0.4) is 0 Å². The molecule has 0 aromatic heterocycles. The summed E-state index contributed by atoms with van der Waals surface area (Å²) >= 11 is 0. The van der Waals surface area contributed by atoms with Gasteiger partial charge in [-0.2, -0.15) is 0 Å². The Morgan fingerprint density at radius 3 is 1.73 bits per heavy atom. The molecule has 4 heteroatoms. The quantitative estimate of drug-likeness (QED) is 0.868. The fourth-order valence-electron chi connectivity index (χ4n) is 2.33. The van der Waals surface area contributed by atoms with E-state index in [9.17, 15) is 8.78 Å². The predicted octanol–water partition coefficient (Wildman–Crippen LogP) is 3.70. The van der Waals surface area contributed by atoms with Gasteiger partial charge in [-0.15, -0.1) is 0 Å². The van der Waals surface area contributed by atoms with Gasteiger partial charge in [0, 0.05) is 13.1 Å². The summed E-state index contributed by atoms with van der Waals surface area (Å²) in [4.78, 5) is 2.24. The van der Waals surface area contributed by atoms with Crippen LogP contribution in [0.2, 0.25) is 0 Å². The van der Waals surface area contributed by atoms with Crippen molar-refractivity contribution in [2.24, 2.45) is 0 Å². The van der Waals surface area contributed by atoms with Crippen LogP contribution >= 0.6 is 0 Å². The average Bonchev–Trinajstić information content (AvgIpc) is 2.51. The molecule has 0 unspecified atom stereocenters. The standard InChI is InChI=1S/C12H8F2.C6H13NO/c13-11-5-1-3-9(7-11)10-4-2-6-12(14)8-10;1-7-4-2-6(8)3-5-7/h1-8H;6,8H,2-5H2,1H3. The summed E-state index contributed by atoms with van der Waals surface area (Å²) in [7, 11) is 2.09. The monoisotopic (exact) mass is 305 g/mol. The summed E-state index contributed by atoms with van der Waals surface area (Å²) in [6, 6.07) is 12.2. The number of rotatable bonds is 1. The zero-order valence-electron chi connectivity index (χ0n) is 12.7. The second-order valence-electron chi connectivity index (χ2n) is 5.56. The molecule has 1 aliphatic rings. The molecule has 118 valence electrons. The number of hydrogen-bond acceptors (Lipinski definition) is 2. The van der Waals surface area contributed by atoms with E-state index in [0.717, 1.165) is 25.9 Å². The first kappa shape index (κ1) is 16.6. The maximum Gasteiger partial charge on any atom is 0.123 e. The Labute approximate surface area is 130 Å². The first-order chi connectivity index (χ1) is 10.5. The predicted molar refractivity (Wildman–Crippen MR) is 84.5 cm³/mol. The van der Waals surface area contributed by atoms with Gasteiger partial charge >= 0.3 is 0 Å². The van der Waals surface area contributed by atoms with Gasteiger partial charge < -0.3 is 10.0 Å². The molecule has 0 saturated carbocycles. The number of likely N-dealkylation sites (tertiary alicyclic amines) is 1. The van der Waals surface area contributed by atoms with Gasteiger partial charge in [0.05, 0.1) is 6.10 Å². The topological polar surface area (TPSA) is 23.5 Å². The van der Waals surface area contributed by atoms with Gasteiger partial charge in [-0.1, -0.05) is 24.3 Å². The lowest BCUT2D eigenvalue weighted by Gasteiger charge is -2.25. The SMILES string of the molecule is CN1CCC(O)CC1.Fc1cccc(-c2cccc(F)c2)c1. The summed E-state index contributed by atoms with van der Waals surface area (Å²) in [6.45, 7) is 2.11. The molecule has 3 rings (SSSR count). The molecular weight excluding hydrogens is 284 g/mol. The highest BCUT2D eigenvalue weighted by Gasteiger charge is 2.12. The van der Waals surface area contributed by atoms with Crippen molar-refractivity contribution < 1.29 is 13.9 Å². The largest absolute Gasteiger partial charge is 0.393 e. The van der Waals surface area contributed by atoms with E-state index in [-0.39, 0.29) is 17.7 Å². The third-order valence-electron chi connectivity index (χ3n) is 3.67. The van der Waals surface area contributed by atoms with Crippen LogP contribution in [0.15, 0.2) is 48.5 Å². The molecule has 1 N–H and O–H groups in total. The number of piperidine rings is 1. The minimum atomic E-state index is -0.313. The van der Waals surface area contributed by atoms with E-state index in [1.807, 2.05) is 0 Å². The molecule has 0 spiro atoms. The molecule has 1 fully saturated rings. The molecule has 0 amide bonds. The molecule has 1 aliphatic heterocycles. The maximum absolute atomic E-state index is 12.9. The van der Waals surface area contributed by atoms with E-state index >= 15 is 0 Å². The Kier molecular flexibility index (Phi) is 6.04. The Bertz CT molecular complexity index is 542. The molecule has 2 aromatic rings. The van der Waals surface area contributed by atoms with Crippen LogP contribution in [-0.2, 0) is 0 Å². The van der Waals surface area contributed by atoms with Crippen molar-refractivity contribution in [2.45, 2.75) is 18.9 Å². The van der Waals surface area contributed by atoms with Gasteiger partial charge in [-0.25, -0.2) is 8.78 Å². The van der Waals surface area contributed by atoms with Crippen LogP contribution in [0, 0.1) is 11.6 Å². The molecule has 0 atom stereocenters. The second kappa shape index (κ2) is 8.01. The van der Waals surface area contributed by atoms with Crippen molar-refractivity contribution in [2.75, 3.05) is 20.1 Å². The highest BCUT2D eigenvalue weighted by Crippen LogP contribution is 2.20. The summed E-state index contributed by atoms with van der Waals surface area (Å²) in [5.74, 6) is -0.626. The lowest BCUT2D eigenvalue weighted by atomic mass is 10.1. The van der Waals surface area contributed by atoms with Crippen molar-refractivity contribution in [1.29, 1.82) is 0 Å². The average molecular weight is 305 g/mol. The molecule has 0 radical (unpaired) electrons. The fourth-order valence-corrected chi connectivity index (χ4v) is 2.33. The summed E-state index contributed by atoms with van der Waals surface area (Å²) in [6.07, 6.45) is 1.89. The highest BCUT2D eigenvalue weighted by atomic mass is 19.1. The molecule has 22 heavy (non-hydrogen) atoms. The van der Waals surface area contributed by atoms with Gasteiger partial charge in [-0.3, -0.25) is 0 Å². The Morgan fingerprint density at radius 2 is 1.36 bits per heavy atom. The van der Waals surface area contributed by atoms with Gasteiger partial charge in [0.15, 0.2) is 0 Å². The van der Waals surface area contributed by atoms with E-state index in [4.69, 9.17) is 5.11 Å². The number of halogens is 2. The van der Waals surface area contributed by atoms with Crippen LogP contribution in [0.1, 0.15) is 12.8 Å². The Morgan fingerprint density at radius 1 is 0.909 bits per heavy atom. The fraction of sp³-hybridized carbons (Fsp3) is 0.333. The van der Waals surface area contributed by atoms with Crippen LogP contribution in [0.5, 0.6) is 0 Å². The number of benzene rings is 2. The maximum atomic E-state index is 12.9. The van der Waals surface area contributed by atoms with Crippen molar-refractivity contribution in [3.8, 4) is 11.1 Å². The van der Waals surface area contributed by atoms with Crippen LogP contribution in [-0.4, -0.2) is 36.2 Å². The van der Waals surface area contributed by atoms with Gasteiger partial charge in [0.1, 0.15) is 11.6 Å². The minimum Gasteiger partial charge on any atom is -0.393 e. The lowest BCUT2D eigenvalue weighted by Crippen LogP contribution is -2.32. The molecule has 0 bridgehead atoms. The highest BCUT2D eigenvalue weighted by molar-refractivity contribution is 5.63. The van der Waals surface area contributed by atoms with Gasteiger partial charge in [0.2, 0.25) is 0 Å². The first-order valence-electron chi connectivity index (χ1n) is 7.43. The molecule has 1 heterocycles. The number of aliphatic hydroxyl groups excluding tert-OH is 1. The molecule has 0 aliphatic carbocycles. The molecule has 1 saturated heterocycles. The Hall–Kier alpha value is -1.78. The minimum absolute atomic E-state index is 0.0220. The molecule has 2 aromatic carbocycles. The third-order valence-corrected chi connectivity index (χ3v) is 3.67. The first-order valence-corrected chi connectivity index (χ1v) is 7.43. The van der Waals surface area contributed by atoms with Crippen molar-refractivity contribution in [1.82, 2.24) is 4.90 Å². The number of hydrogen-bond donors (Lipinski definition) is 1. The van der Waals surface area contributed by atoms with E-state index in [1.165, 1.54) is 24.3 Å². The Balaban J connectivity index is 0.000000188. The van der Waals surface area contributed by atoms with Crippen molar-refractivity contribution in [3.05, 3.63) is 60.2 Å². The number of aliphatic hydroxyl groups is 1. The lowest BCUT2D eigenvalue weighted by molar-refractivity contribution is 0.0943. The van der Waals surface area contributed by atoms with Crippen LogP contribution in [0.4, 0.5) is 8.78 Å². The normalized spacial score (nSPS) is 16.0. The van der Waals surface area contributed by atoms with Crippen LogP contribution in [0.25, 0.3) is 11.1 Å². The van der Waals surface area contributed by atoms with Gasteiger partial charge in [-0.05, 0) is 55.3 Å². The summed E-state index contributed by atoms with van der Waals surface area (Å²) in [5, 5.41) is 9.00. The second-order valence-corrected chi connectivity index (χ2v) is 5.56. The van der Waals surface area contributed by atoms with E-state index in [1.54, 1.807) is 24.3 Å². The zero-order chi connectivity index (χ0) is 15.9. The molecule has 2 nitrogen and oxygen atoms in total. The van der Waals surface area contributed by atoms with Crippen molar-refractivity contribution in [3.63, 3.8) is 0 Å². The molecular formula is C18H21F2NO. The van der Waals surface area contributed by atoms with E-state index in [0.29, 0.717) is 11.1 Å². The van der Waals surface area contributed by atoms with Crippen molar-refractivity contribution >= 4 is 0 Å². The van der Waals surface area contributed by atoms with Crippen LogP contribution < -0.4 is 0 Å². The summed E-state index contributed by atoms with van der Waals surface area (Å²) < 4.78 is 25.7. The van der Waals surface area contributed by atoms with E-state index < -0.39 is 0 Å². The van der Waals surface area contributed by atoms with Gasteiger partial charge in [0.25, 0.3) is 0 Å². The smallest absolute Gasteiger partial charge is 0.123 e.